The van der Waals surface area contributed by atoms with Crippen molar-refractivity contribution in [3.8, 4) is 11.1 Å². The van der Waals surface area contributed by atoms with E-state index in [4.69, 9.17) is 0 Å². The molecule has 0 aromatic carbocycles. The van der Waals surface area contributed by atoms with Crippen LogP contribution < -0.4 is 5.32 Å². The molecule has 0 saturated heterocycles. The zero-order valence-electron chi connectivity index (χ0n) is 13.4. The first-order valence-electron chi connectivity index (χ1n) is 7.26. The van der Waals surface area contributed by atoms with Crippen molar-refractivity contribution >= 4 is 22.4 Å². The maximum atomic E-state index is 13.5. The molecule has 122 valence electrons. The van der Waals surface area contributed by atoms with Crippen molar-refractivity contribution in [3.05, 3.63) is 58.4 Å². The fraction of sp³-hybridized carbons (Fsp3) is 0.176. The van der Waals surface area contributed by atoms with E-state index in [1.807, 2.05) is 18.4 Å². The largest absolute Gasteiger partial charge is 0.296 e. The van der Waals surface area contributed by atoms with Gasteiger partial charge in [-0.15, -0.1) is 11.3 Å². The van der Waals surface area contributed by atoms with Crippen LogP contribution in [0.5, 0.6) is 0 Å². The van der Waals surface area contributed by atoms with E-state index >= 15 is 0 Å². The second-order valence-electron chi connectivity index (χ2n) is 5.42. The number of hydrogen-bond acceptors (Lipinski definition) is 5. The first-order valence-corrected chi connectivity index (χ1v) is 8.14. The van der Waals surface area contributed by atoms with E-state index in [1.165, 1.54) is 17.4 Å². The van der Waals surface area contributed by atoms with E-state index < -0.39 is 5.82 Å². The summed E-state index contributed by atoms with van der Waals surface area (Å²) in [5, 5.41) is 5.13. The van der Waals surface area contributed by atoms with Gasteiger partial charge in [0.1, 0.15) is 11.5 Å². The van der Waals surface area contributed by atoms with E-state index in [1.54, 1.807) is 20.0 Å². The number of carbonyl (C=O) groups is 1. The smallest absolute Gasteiger partial charge is 0.276 e. The van der Waals surface area contributed by atoms with Gasteiger partial charge in [0.05, 0.1) is 11.9 Å². The Balaban J connectivity index is 2.01. The Hall–Kier alpha value is -2.67. The van der Waals surface area contributed by atoms with Crippen molar-refractivity contribution < 1.29 is 9.18 Å². The second kappa shape index (κ2) is 6.45. The summed E-state index contributed by atoms with van der Waals surface area (Å²) in [6.07, 6.45) is 2.71. The quantitative estimate of drug-likeness (QED) is 0.783. The van der Waals surface area contributed by atoms with Gasteiger partial charge in [-0.25, -0.2) is 14.4 Å². The maximum Gasteiger partial charge on any atom is 0.276 e. The lowest BCUT2D eigenvalue weighted by atomic mass is 10.00. The SMILES string of the molecule is Cc1csc(NC(=O)c2nc(C)cc(-c3cncc(F)c3)c2C)n1. The van der Waals surface area contributed by atoms with Crippen molar-refractivity contribution in [2.45, 2.75) is 20.8 Å². The summed E-state index contributed by atoms with van der Waals surface area (Å²) in [6, 6.07) is 3.21. The van der Waals surface area contributed by atoms with Gasteiger partial charge in [0, 0.05) is 22.8 Å². The summed E-state index contributed by atoms with van der Waals surface area (Å²) >= 11 is 1.35. The number of pyridine rings is 2. The van der Waals surface area contributed by atoms with E-state index in [9.17, 15) is 9.18 Å². The summed E-state index contributed by atoms with van der Waals surface area (Å²) < 4.78 is 13.5. The van der Waals surface area contributed by atoms with Crippen LogP contribution in [0.3, 0.4) is 0 Å². The van der Waals surface area contributed by atoms with Crippen LogP contribution in [0.1, 0.15) is 27.4 Å². The fourth-order valence-electron chi connectivity index (χ4n) is 2.38. The molecule has 3 aromatic rings. The lowest BCUT2D eigenvalue weighted by Gasteiger charge is -2.12. The third-order valence-electron chi connectivity index (χ3n) is 3.47. The molecular formula is C17H15FN4OS. The van der Waals surface area contributed by atoms with Crippen molar-refractivity contribution in [2.24, 2.45) is 0 Å². The molecule has 0 bridgehead atoms. The normalized spacial score (nSPS) is 10.7. The maximum absolute atomic E-state index is 13.5. The van der Waals surface area contributed by atoms with Gasteiger partial charge < -0.3 is 0 Å². The zero-order chi connectivity index (χ0) is 17.3. The summed E-state index contributed by atoms with van der Waals surface area (Å²) in [5.41, 5.74) is 3.81. The van der Waals surface area contributed by atoms with Crippen molar-refractivity contribution in [3.63, 3.8) is 0 Å². The highest BCUT2D eigenvalue weighted by Gasteiger charge is 2.17. The van der Waals surface area contributed by atoms with Crippen molar-refractivity contribution in [1.29, 1.82) is 0 Å². The minimum absolute atomic E-state index is 0.294. The highest BCUT2D eigenvalue weighted by atomic mass is 32.1. The van der Waals surface area contributed by atoms with E-state index in [0.717, 1.165) is 17.5 Å². The second-order valence-corrected chi connectivity index (χ2v) is 6.28. The van der Waals surface area contributed by atoms with Crippen LogP contribution in [0.15, 0.2) is 29.9 Å². The van der Waals surface area contributed by atoms with Crippen LogP contribution in [0, 0.1) is 26.6 Å². The lowest BCUT2D eigenvalue weighted by Crippen LogP contribution is -2.16. The zero-order valence-corrected chi connectivity index (χ0v) is 14.2. The number of carbonyl (C=O) groups excluding carboxylic acids is 1. The minimum Gasteiger partial charge on any atom is -0.296 e. The van der Waals surface area contributed by atoms with Gasteiger partial charge in [-0.2, -0.15) is 0 Å². The fourth-order valence-corrected chi connectivity index (χ4v) is 3.07. The molecule has 7 heteroatoms. The number of nitrogens with one attached hydrogen (secondary N) is 1. The van der Waals surface area contributed by atoms with Gasteiger partial charge in [0.2, 0.25) is 0 Å². The Morgan fingerprint density at radius 3 is 2.58 bits per heavy atom. The number of aromatic nitrogens is 3. The molecule has 0 aliphatic rings. The monoisotopic (exact) mass is 342 g/mol. The molecule has 0 unspecified atom stereocenters. The molecule has 0 aliphatic heterocycles. The molecule has 0 fully saturated rings. The first-order chi connectivity index (χ1) is 11.4. The number of hydrogen-bond donors (Lipinski definition) is 1. The molecule has 0 aliphatic carbocycles. The Bertz CT molecular complexity index is 923. The number of anilines is 1. The number of aryl methyl sites for hydroxylation is 2. The van der Waals surface area contributed by atoms with Crippen molar-refractivity contribution in [1.82, 2.24) is 15.0 Å². The van der Waals surface area contributed by atoms with Crippen LogP contribution in [0.2, 0.25) is 0 Å². The van der Waals surface area contributed by atoms with Crippen LogP contribution >= 0.6 is 11.3 Å². The average molecular weight is 342 g/mol. The molecule has 1 amide bonds. The topological polar surface area (TPSA) is 67.8 Å². The Labute approximate surface area is 142 Å². The molecule has 0 spiro atoms. The van der Waals surface area contributed by atoms with Crippen LogP contribution in [0.4, 0.5) is 9.52 Å². The molecule has 3 rings (SSSR count). The molecule has 0 atom stereocenters. The highest BCUT2D eigenvalue weighted by Crippen LogP contribution is 2.26. The van der Waals surface area contributed by atoms with Gasteiger partial charge in [-0.05, 0) is 44.0 Å². The lowest BCUT2D eigenvalue weighted by molar-refractivity contribution is 0.102. The van der Waals surface area contributed by atoms with E-state index in [0.29, 0.717) is 27.6 Å². The Morgan fingerprint density at radius 2 is 1.92 bits per heavy atom. The molecule has 24 heavy (non-hydrogen) atoms. The summed E-state index contributed by atoms with van der Waals surface area (Å²) in [7, 11) is 0. The highest BCUT2D eigenvalue weighted by molar-refractivity contribution is 7.13. The third kappa shape index (κ3) is 3.30. The Kier molecular flexibility index (Phi) is 4.35. The molecule has 0 saturated carbocycles. The predicted molar refractivity (Wildman–Crippen MR) is 91.7 cm³/mol. The van der Waals surface area contributed by atoms with Crippen molar-refractivity contribution in [2.75, 3.05) is 5.32 Å². The molecule has 3 aromatic heterocycles. The molecule has 3 heterocycles. The van der Waals surface area contributed by atoms with E-state index in [-0.39, 0.29) is 5.91 Å². The average Bonchev–Trinajstić information content (AvgIpc) is 2.94. The third-order valence-corrected chi connectivity index (χ3v) is 4.35. The predicted octanol–water partition coefficient (Wildman–Crippen LogP) is 3.92. The van der Waals surface area contributed by atoms with Crippen LogP contribution in [-0.2, 0) is 0 Å². The van der Waals surface area contributed by atoms with E-state index in [2.05, 4.69) is 20.3 Å². The van der Waals surface area contributed by atoms with Gasteiger partial charge >= 0.3 is 0 Å². The molecular weight excluding hydrogens is 327 g/mol. The van der Waals surface area contributed by atoms with Crippen LogP contribution in [-0.4, -0.2) is 20.9 Å². The summed E-state index contributed by atoms with van der Waals surface area (Å²) in [5.74, 6) is -0.762. The van der Waals surface area contributed by atoms with Gasteiger partial charge in [0.25, 0.3) is 5.91 Å². The standard InChI is InChI=1S/C17H15FN4OS/c1-9-4-14(12-5-13(18)7-19-6-12)11(3)15(20-9)16(23)22-17-21-10(2)8-24-17/h4-8H,1-3H3,(H,21,22,23). The first kappa shape index (κ1) is 16.2. The van der Waals surface area contributed by atoms with Gasteiger partial charge in [-0.3, -0.25) is 15.1 Å². The van der Waals surface area contributed by atoms with Crippen LogP contribution in [0.25, 0.3) is 11.1 Å². The number of rotatable bonds is 3. The minimum atomic E-state index is -0.425. The number of halogens is 1. The van der Waals surface area contributed by atoms with Gasteiger partial charge in [-0.1, -0.05) is 0 Å². The molecule has 5 nitrogen and oxygen atoms in total. The summed E-state index contributed by atoms with van der Waals surface area (Å²) in [4.78, 5) is 25.0. The number of amides is 1. The van der Waals surface area contributed by atoms with Gasteiger partial charge in [0.15, 0.2) is 5.13 Å². The molecule has 0 radical (unpaired) electrons. The number of thiazole rings is 1. The Morgan fingerprint density at radius 1 is 1.12 bits per heavy atom. The molecule has 1 N–H and O–H groups in total. The number of nitrogens with zero attached hydrogens (tertiary/aromatic N) is 3. The summed E-state index contributed by atoms with van der Waals surface area (Å²) in [6.45, 7) is 5.44.